The minimum Gasteiger partial charge on any atom is -0.379 e. The van der Waals surface area contributed by atoms with Crippen molar-refractivity contribution in [1.82, 2.24) is 10.5 Å². The first kappa shape index (κ1) is 18.5. The van der Waals surface area contributed by atoms with Crippen LogP contribution in [0.15, 0.2) is 10.6 Å². The predicted molar refractivity (Wildman–Crippen MR) is 85.9 cm³/mol. The molecule has 7 nitrogen and oxygen atoms in total. The van der Waals surface area contributed by atoms with Gasteiger partial charge in [0.15, 0.2) is 5.82 Å². The van der Waals surface area contributed by atoms with E-state index in [1.807, 2.05) is 13.8 Å². The van der Waals surface area contributed by atoms with Gasteiger partial charge in [-0.1, -0.05) is 5.16 Å². The van der Waals surface area contributed by atoms with Crippen molar-refractivity contribution in [2.24, 2.45) is 0 Å². The summed E-state index contributed by atoms with van der Waals surface area (Å²) < 4.78 is 10.2. The maximum Gasteiger partial charge on any atom is 0.235 e. The first-order chi connectivity index (χ1) is 10.5. The molecular formula is C14H23N3O4S. The van der Waals surface area contributed by atoms with Gasteiger partial charge in [-0.15, -0.1) is 11.8 Å². The number of anilines is 1. The number of aryl methyl sites for hydroxylation is 1. The minimum absolute atomic E-state index is 0.0837. The Morgan fingerprint density at radius 3 is 2.73 bits per heavy atom. The summed E-state index contributed by atoms with van der Waals surface area (Å²) in [6.07, 6.45) is 0.985. The van der Waals surface area contributed by atoms with Crippen LogP contribution in [0.25, 0.3) is 0 Å². The van der Waals surface area contributed by atoms with Crippen LogP contribution in [0, 0.1) is 6.92 Å². The monoisotopic (exact) mass is 329 g/mol. The third-order valence-electron chi connectivity index (χ3n) is 2.46. The Kier molecular flexibility index (Phi) is 8.61. The number of hydrogen-bond donors (Lipinski definition) is 2. The summed E-state index contributed by atoms with van der Waals surface area (Å²) in [7, 11) is 0. The van der Waals surface area contributed by atoms with E-state index < -0.39 is 0 Å². The van der Waals surface area contributed by atoms with Gasteiger partial charge in [-0.2, -0.15) is 0 Å². The van der Waals surface area contributed by atoms with Gasteiger partial charge in [0.2, 0.25) is 11.8 Å². The van der Waals surface area contributed by atoms with Crippen molar-refractivity contribution in [3.05, 3.63) is 11.8 Å². The molecule has 0 saturated carbocycles. The van der Waals surface area contributed by atoms with E-state index in [-0.39, 0.29) is 29.4 Å². The zero-order valence-electron chi connectivity index (χ0n) is 13.2. The number of rotatable bonds is 10. The number of nitrogens with one attached hydrogen (secondary N) is 2. The molecule has 0 aromatic carbocycles. The van der Waals surface area contributed by atoms with Gasteiger partial charge in [0, 0.05) is 19.2 Å². The van der Waals surface area contributed by atoms with Gasteiger partial charge in [0.25, 0.3) is 0 Å². The molecule has 0 saturated heterocycles. The molecule has 1 aromatic rings. The first-order valence-corrected chi connectivity index (χ1v) is 8.32. The second-order valence-electron chi connectivity index (χ2n) is 4.99. The Labute approximate surface area is 134 Å². The Morgan fingerprint density at radius 1 is 1.36 bits per heavy atom. The fourth-order valence-corrected chi connectivity index (χ4v) is 2.16. The molecule has 2 N–H and O–H groups in total. The zero-order chi connectivity index (χ0) is 16.4. The second-order valence-corrected chi connectivity index (χ2v) is 5.97. The van der Waals surface area contributed by atoms with Gasteiger partial charge in [-0.3, -0.25) is 9.59 Å². The molecule has 0 unspecified atom stereocenters. The minimum atomic E-state index is -0.212. The molecule has 0 aliphatic heterocycles. The van der Waals surface area contributed by atoms with E-state index in [4.69, 9.17) is 9.26 Å². The average molecular weight is 329 g/mol. The molecule has 0 atom stereocenters. The van der Waals surface area contributed by atoms with Crippen LogP contribution in [0.4, 0.5) is 5.82 Å². The Morgan fingerprint density at radius 2 is 2.09 bits per heavy atom. The number of ether oxygens (including phenoxy) is 1. The maximum atomic E-state index is 11.6. The van der Waals surface area contributed by atoms with E-state index in [1.165, 1.54) is 11.8 Å². The van der Waals surface area contributed by atoms with Gasteiger partial charge >= 0.3 is 0 Å². The lowest BCUT2D eigenvalue weighted by atomic mass is 10.4. The lowest BCUT2D eigenvalue weighted by molar-refractivity contribution is -0.118. The third-order valence-corrected chi connectivity index (χ3v) is 3.39. The van der Waals surface area contributed by atoms with E-state index in [9.17, 15) is 9.59 Å². The highest BCUT2D eigenvalue weighted by atomic mass is 32.2. The van der Waals surface area contributed by atoms with Crippen LogP contribution in [0.1, 0.15) is 26.0 Å². The molecule has 1 aromatic heterocycles. The number of hydrogen-bond acceptors (Lipinski definition) is 6. The summed E-state index contributed by atoms with van der Waals surface area (Å²) in [5.41, 5.74) is 0. The SMILES string of the molecule is Cc1cc(NC(=O)CSCC(=O)NCCCOC(C)C)no1. The second kappa shape index (κ2) is 10.2. The molecular weight excluding hydrogens is 306 g/mol. The molecule has 0 aliphatic rings. The van der Waals surface area contributed by atoms with Crippen molar-refractivity contribution in [3.8, 4) is 0 Å². The molecule has 124 valence electrons. The summed E-state index contributed by atoms with van der Waals surface area (Å²) in [5.74, 6) is 1.16. The summed E-state index contributed by atoms with van der Waals surface area (Å²) >= 11 is 1.25. The van der Waals surface area contributed by atoms with Crippen molar-refractivity contribution in [3.63, 3.8) is 0 Å². The van der Waals surface area contributed by atoms with Crippen molar-refractivity contribution in [2.45, 2.75) is 33.3 Å². The lowest BCUT2D eigenvalue weighted by Gasteiger charge is -2.08. The van der Waals surface area contributed by atoms with Crippen LogP contribution >= 0.6 is 11.8 Å². The van der Waals surface area contributed by atoms with Crippen molar-refractivity contribution in [2.75, 3.05) is 30.0 Å². The van der Waals surface area contributed by atoms with Crippen molar-refractivity contribution in [1.29, 1.82) is 0 Å². The zero-order valence-corrected chi connectivity index (χ0v) is 14.0. The van der Waals surface area contributed by atoms with Crippen molar-refractivity contribution < 1.29 is 18.8 Å². The molecule has 8 heteroatoms. The number of thioether (sulfide) groups is 1. The largest absolute Gasteiger partial charge is 0.379 e. The fraction of sp³-hybridized carbons (Fsp3) is 0.643. The molecule has 0 aliphatic carbocycles. The van der Waals surface area contributed by atoms with E-state index in [0.717, 1.165) is 6.42 Å². The van der Waals surface area contributed by atoms with Crippen LogP contribution in [-0.4, -0.2) is 47.7 Å². The van der Waals surface area contributed by atoms with Crippen LogP contribution < -0.4 is 10.6 Å². The van der Waals surface area contributed by atoms with Gasteiger partial charge in [0.05, 0.1) is 17.6 Å². The topological polar surface area (TPSA) is 93.5 Å². The molecule has 0 fully saturated rings. The van der Waals surface area contributed by atoms with E-state index in [2.05, 4.69) is 15.8 Å². The summed E-state index contributed by atoms with van der Waals surface area (Å²) in [5, 5.41) is 9.04. The molecule has 2 amide bonds. The highest BCUT2D eigenvalue weighted by molar-refractivity contribution is 8.00. The van der Waals surface area contributed by atoms with Gasteiger partial charge in [-0.05, 0) is 27.2 Å². The quantitative estimate of drug-likeness (QED) is 0.633. The van der Waals surface area contributed by atoms with Crippen LogP contribution in [0.3, 0.4) is 0 Å². The number of aromatic nitrogens is 1. The molecule has 22 heavy (non-hydrogen) atoms. The van der Waals surface area contributed by atoms with Gasteiger partial charge in [0.1, 0.15) is 5.76 Å². The van der Waals surface area contributed by atoms with Gasteiger partial charge < -0.3 is 19.9 Å². The summed E-state index contributed by atoms with van der Waals surface area (Å²) in [6.45, 7) is 6.90. The van der Waals surface area contributed by atoms with Crippen LogP contribution in [-0.2, 0) is 14.3 Å². The summed E-state index contributed by atoms with van der Waals surface area (Å²) in [4.78, 5) is 23.2. The third kappa shape index (κ3) is 8.68. The smallest absolute Gasteiger partial charge is 0.235 e. The number of amides is 2. The molecule has 1 heterocycles. The first-order valence-electron chi connectivity index (χ1n) is 7.16. The maximum absolute atomic E-state index is 11.6. The number of nitrogens with zero attached hydrogens (tertiary/aromatic N) is 1. The Bertz CT molecular complexity index is 476. The van der Waals surface area contributed by atoms with Crippen LogP contribution in [0.2, 0.25) is 0 Å². The van der Waals surface area contributed by atoms with Crippen LogP contribution in [0.5, 0.6) is 0 Å². The van der Waals surface area contributed by atoms with E-state index in [0.29, 0.717) is 24.7 Å². The highest BCUT2D eigenvalue weighted by Crippen LogP contribution is 2.08. The van der Waals surface area contributed by atoms with Crippen molar-refractivity contribution >= 4 is 29.4 Å². The number of carbonyl (C=O) groups is 2. The molecule has 0 radical (unpaired) electrons. The lowest BCUT2D eigenvalue weighted by Crippen LogP contribution is -2.27. The normalized spacial score (nSPS) is 10.7. The van der Waals surface area contributed by atoms with E-state index >= 15 is 0 Å². The average Bonchev–Trinajstić information content (AvgIpc) is 2.83. The number of carbonyl (C=O) groups excluding carboxylic acids is 2. The fourth-order valence-electron chi connectivity index (χ4n) is 1.51. The van der Waals surface area contributed by atoms with E-state index in [1.54, 1.807) is 13.0 Å². The molecule has 0 spiro atoms. The summed E-state index contributed by atoms with van der Waals surface area (Å²) in [6, 6.07) is 1.63. The molecule has 1 rings (SSSR count). The Balaban J connectivity index is 2.03. The van der Waals surface area contributed by atoms with Gasteiger partial charge in [-0.25, -0.2) is 0 Å². The highest BCUT2D eigenvalue weighted by Gasteiger charge is 2.08. The predicted octanol–water partition coefficient (Wildman–Crippen LogP) is 1.59. The molecule has 0 bridgehead atoms. The standard InChI is InChI=1S/C14H23N3O4S/c1-10(2)20-6-4-5-15-13(18)8-22-9-14(19)16-12-7-11(3)21-17-12/h7,10H,4-6,8-9H2,1-3H3,(H,15,18)(H,16,17,19). The Hall–Kier alpha value is -1.54.